The Bertz CT molecular complexity index is 867. The van der Waals surface area contributed by atoms with E-state index in [2.05, 4.69) is 42.5 Å². The number of halogens is 2. The van der Waals surface area contributed by atoms with E-state index < -0.39 is 0 Å². The molecular formula is C18H17AcBr2N4O4-. The second-order valence-electron chi connectivity index (χ2n) is 6.34. The molecule has 2 aliphatic heterocycles. The predicted molar refractivity (Wildman–Crippen MR) is 113 cm³/mol. The summed E-state index contributed by atoms with van der Waals surface area (Å²) in [6, 6.07) is 6.57. The molecule has 0 aliphatic carbocycles. The van der Waals surface area contributed by atoms with Crippen molar-refractivity contribution in [1.82, 2.24) is 5.32 Å². The molecule has 0 saturated heterocycles. The molecule has 4 rings (SSSR count). The summed E-state index contributed by atoms with van der Waals surface area (Å²) in [5.41, 5.74) is 4.08. The summed E-state index contributed by atoms with van der Waals surface area (Å²) >= 11 is 6.82. The summed E-state index contributed by atoms with van der Waals surface area (Å²) in [7, 11) is 0. The van der Waals surface area contributed by atoms with Crippen LogP contribution in [0.1, 0.15) is 22.3 Å². The first-order valence-corrected chi connectivity index (χ1v) is 10.2. The average Bonchev–Trinajstić information content (AvgIpc) is 2.69. The molecule has 0 saturated carbocycles. The van der Waals surface area contributed by atoms with Crippen molar-refractivity contribution < 1.29 is 53.9 Å². The number of fused-ring (bicyclic) bond motifs is 2. The molecule has 0 spiro atoms. The van der Waals surface area contributed by atoms with Crippen molar-refractivity contribution in [3.8, 4) is 0 Å². The van der Waals surface area contributed by atoms with Gasteiger partial charge in [-0.2, -0.15) is 0 Å². The molecule has 1 radical (unpaired) electrons. The number of rotatable bonds is 2. The van der Waals surface area contributed by atoms with E-state index in [1.54, 1.807) is 18.2 Å². The van der Waals surface area contributed by atoms with Gasteiger partial charge in [-0.25, -0.2) is 0 Å². The van der Waals surface area contributed by atoms with E-state index in [4.69, 9.17) is 0 Å². The van der Waals surface area contributed by atoms with Crippen LogP contribution in [-0.4, -0.2) is 22.9 Å². The number of nitro groups is 2. The Balaban J connectivity index is 0.000000200. The van der Waals surface area contributed by atoms with E-state index in [0.29, 0.717) is 13.1 Å². The van der Waals surface area contributed by atoms with Crippen LogP contribution in [0.4, 0.5) is 11.4 Å². The van der Waals surface area contributed by atoms with Gasteiger partial charge in [-0.1, -0.05) is 31.9 Å². The van der Waals surface area contributed by atoms with Crippen LogP contribution < -0.4 is 5.32 Å². The van der Waals surface area contributed by atoms with Gasteiger partial charge >= 0.3 is 0 Å². The zero-order valence-corrected chi connectivity index (χ0v) is 23.3. The van der Waals surface area contributed by atoms with Gasteiger partial charge in [-0.05, 0) is 42.6 Å². The maximum Gasteiger partial charge on any atom is 0.274 e. The summed E-state index contributed by atoms with van der Waals surface area (Å²) in [6.07, 6.45) is 1.63. The van der Waals surface area contributed by atoms with Gasteiger partial charge < -0.3 is 10.6 Å². The third-order valence-electron chi connectivity index (χ3n) is 4.74. The zero-order chi connectivity index (χ0) is 20.3. The van der Waals surface area contributed by atoms with E-state index in [-0.39, 0.29) is 65.3 Å². The maximum atomic E-state index is 10.7. The van der Waals surface area contributed by atoms with Crippen molar-refractivity contribution in [2.75, 3.05) is 13.1 Å². The van der Waals surface area contributed by atoms with Crippen molar-refractivity contribution >= 4 is 43.2 Å². The minimum Gasteiger partial charge on any atom is -0.658 e. The van der Waals surface area contributed by atoms with Gasteiger partial charge in [-0.3, -0.25) is 20.2 Å². The summed E-state index contributed by atoms with van der Waals surface area (Å²) in [5, 5.41) is 28.8. The van der Waals surface area contributed by atoms with E-state index in [9.17, 15) is 20.2 Å². The predicted octanol–water partition coefficient (Wildman–Crippen LogP) is 4.79. The topological polar surface area (TPSA) is 112 Å². The summed E-state index contributed by atoms with van der Waals surface area (Å²) in [5.74, 6) is 0. The standard InChI is InChI=1S/C9H9BrN2O2.C9H8BrN2O2.Ac/c2*10-8-1-2-9(12(13)14)7-5-11-4-3-6(7)8;/h1-2,11H,3-5H2;1-2H,3-5H2;/q;-1;. The molecule has 2 heterocycles. The normalized spacial score (nSPS) is 14.4. The van der Waals surface area contributed by atoms with Crippen LogP contribution in [-0.2, 0) is 25.9 Å². The molecule has 0 amide bonds. The monoisotopic (exact) mass is 738 g/mol. The van der Waals surface area contributed by atoms with E-state index in [0.717, 1.165) is 57.1 Å². The third-order valence-corrected chi connectivity index (χ3v) is 6.22. The fourth-order valence-electron chi connectivity index (χ4n) is 3.37. The van der Waals surface area contributed by atoms with Gasteiger partial charge in [0.25, 0.3) is 11.4 Å². The Morgan fingerprint density at radius 2 is 1.41 bits per heavy atom. The third kappa shape index (κ3) is 5.83. The molecule has 2 aromatic rings. The molecule has 2 aliphatic rings. The molecule has 0 bridgehead atoms. The van der Waals surface area contributed by atoms with Crippen LogP contribution in [0.25, 0.3) is 5.32 Å². The van der Waals surface area contributed by atoms with Crippen LogP contribution in [0.3, 0.4) is 0 Å². The first-order valence-electron chi connectivity index (χ1n) is 8.63. The van der Waals surface area contributed by atoms with Crippen molar-refractivity contribution in [2.24, 2.45) is 0 Å². The van der Waals surface area contributed by atoms with Gasteiger partial charge in [0.1, 0.15) is 0 Å². The van der Waals surface area contributed by atoms with Gasteiger partial charge in [0.2, 0.25) is 0 Å². The van der Waals surface area contributed by atoms with Crippen molar-refractivity contribution in [2.45, 2.75) is 25.9 Å². The van der Waals surface area contributed by atoms with Gasteiger partial charge in [0.05, 0.1) is 9.85 Å². The Kier molecular flexibility index (Phi) is 9.64. The number of benzene rings is 2. The number of nitro benzene ring substituents is 2. The smallest absolute Gasteiger partial charge is 0.274 e. The van der Waals surface area contributed by atoms with Crippen LogP contribution in [0, 0.1) is 64.3 Å². The SMILES string of the molecule is O=[N+]([O-])c1ccc(Br)c2c1CNCC2.O=[N+]([O-])c1ccc(Br)c2c1C[N-]CC2.[Ac]. The average molecular weight is 740 g/mol. The summed E-state index contributed by atoms with van der Waals surface area (Å²) < 4.78 is 1.92. The van der Waals surface area contributed by atoms with Gasteiger partial charge in [0.15, 0.2) is 0 Å². The van der Waals surface area contributed by atoms with E-state index in [1.807, 2.05) is 0 Å². The Morgan fingerprint density at radius 1 is 0.862 bits per heavy atom. The molecule has 0 unspecified atom stereocenters. The second kappa shape index (κ2) is 11.3. The van der Waals surface area contributed by atoms with Gasteiger partial charge in [0, 0.05) is 82.8 Å². The minimum atomic E-state index is -0.341. The number of nitrogens with zero attached hydrogens (tertiary/aromatic N) is 3. The fourth-order valence-corrected chi connectivity index (χ4v) is 4.51. The molecule has 1 N–H and O–H groups in total. The molecular weight excluding hydrogens is 723 g/mol. The molecule has 11 heteroatoms. The number of nitrogens with one attached hydrogen (secondary N) is 1. The van der Waals surface area contributed by atoms with Crippen LogP contribution in [0.5, 0.6) is 0 Å². The first kappa shape index (κ1) is 24.8. The molecule has 2 aromatic carbocycles. The van der Waals surface area contributed by atoms with E-state index in [1.165, 1.54) is 6.07 Å². The Morgan fingerprint density at radius 3 is 2.00 bits per heavy atom. The van der Waals surface area contributed by atoms with Crippen LogP contribution >= 0.6 is 31.9 Å². The van der Waals surface area contributed by atoms with E-state index >= 15 is 0 Å². The number of hydrogen-bond donors (Lipinski definition) is 1. The van der Waals surface area contributed by atoms with Crippen LogP contribution in [0.2, 0.25) is 0 Å². The zero-order valence-electron chi connectivity index (χ0n) is 15.4. The van der Waals surface area contributed by atoms with Gasteiger partial charge in [-0.15, -0.1) is 13.1 Å². The Hall–Kier alpha value is -0.438. The molecule has 151 valence electrons. The van der Waals surface area contributed by atoms with Crippen molar-refractivity contribution in [3.63, 3.8) is 0 Å². The van der Waals surface area contributed by atoms with Crippen molar-refractivity contribution in [1.29, 1.82) is 0 Å². The second-order valence-corrected chi connectivity index (χ2v) is 8.05. The van der Waals surface area contributed by atoms with Crippen LogP contribution in [0.15, 0.2) is 33.2 Å². The largest absolute Gasteiger partial charge is 0.658 e. The number of hydrogen-bond acceptors (Lipinski definition) is 5. The minimum absolute atomic E-state index is 0. The molecule has 0 fully saturated rings. The fraction of sp³-hybridized carbons (Fsp3) is 0.333. The van der Waals surface area contributed by atoms with Crippen molar-refractivity contribution in [3.05, 3.63) is 81.0 Å². The summed E-state index contributed by atoms with van der Waals surface area (Å²) in [6.45, 7) is 2.69. The quantitative estimate of drug-likeness (QED) is 0.352. The first-order chi connectivity index (χ1) is 13.4. The molecule has 0 atom stereocenters. The maximum absolute atomic E-state index is 10.7. The molecule has 0 aromatic heterocycles. The molecule has 29 heavy (non-hydrogen) atoms. The molecule has 8 nitrogen and oxygen atoms in total. The summed E-state index contributed by atoms with van der Waals surface area (Å²) in [4.78, 5) is 20.8. The Labute approximate surface area is 220 Å².